The first-order chi connectivity index (χ1) is 8.56. The fraction of sp³-hybridized carbons (Fsp3) is 0.0769. The van der Waals surface area contributed by atoms with E-state index in [0.29, 0.717) is 15.7 Å². The van der Waals surface area contributed by atoms with Gasteiger partial charge in [-0.15, -0.1) is 0 Å². The van der Waals surface area contributed by atoms with E-state index in [9.17, 15) is 13.2 Å². The second kappa shape index (κ2) is 5.44. The summed E-state index contributed by atoms with van der Waals surface area (Å²) in [7, 11) is 0. The summed E-state index contributed by atoms with van der Waals surface area (Å²) in [6, 6.07) is 8.23. The summed E-state index contributed by atoms with van der Waals surface area (Å²) >= 11 is 3.05. The Kier molecular flexibility index (Phi) is 3.91. The van der Waals surface area contributed by atoms with E-state index in [1.165, 1.54) is 12.1 Å². The van der Waals surface area contributed by atoms with Gasteiger partial charge in [-0.25, -0.2) is 13.2 Å². The zero-order chi connectivity index (χ0) is 13.1. The number of halogens is 4. The second-order valence-corrected chi connectivity index (χ2v) is 4.59. The van der Waals surface area contributed by atoms with Gasteiger partial charge in [0, 0.05) is 12.2 Å². The van der Waals surface area contributed by atoms with Crippen LogP contribution in [0.25, 0.3) is 0 Å². The smallest absolute Gasteiger partial charge is 0.159 e. The van der Waals surface area contributed by atoms with Gasteiger partial charge in [-0.05, 0) is 51.8 Å². The van der Waals surface area contributed by atoms with Crippen LogP contribution >= 0.6 is 15.9 Å². The largest absolute Gasteiger partial charge is 0.381 e. The molecule has 0 aliphatic heterocycles. The van der Waals surface area contributed by atoms with E-state index in [1.807, 2.05) is 0 Å². The molecule has 1 nitrogen and oxygen atoms in total. The molecule has 0 unspecified atom stereocenters. The molecule has 18 heavy (non-hydrogen) atoms. The van der Waals surface area contributed by atoms with Crippen molar-refractivity contribution in [3.05, 3.63) is 63.9 Å². The molecule has 1 N–H and O–H groups in total. The van der Waals surface area contributed by atoms with Crippen molar-refractivity contribution in [3.63, 3.8) is 0 Å². The summed E-state index contributed by atoms with van der Waals surface area (Å²) in [5, 5.41) is 2.93. The van der Waals surface area contributed by atoms with Gasteiger partial charge in [-0.1, -0.05) is 6.07 Å². The van der Waals surface area contributed by atoms with Crippen molar-refractivity contribution < 1.29 is 13.2 Å². The van der Waals surface area contributed by atoms with Crippen molar-refractivity contribution in [2.75, 3.05) is 5.32 Å². The lowest BCUT2D eigenvalue weighted by Crippen LogP contribution is -2.00. The van der Waals surface area contributed by atoms with Crippen LogP contribution in [0.2, 0.25) is 0 Å². The Bertz CT molecular complexity index is 521. The van der Waals surface area contributed by atoms with Crippen molar-refractivity contribution in [3.8, 4) is 0 Å². The molecule has 5 heteroatoms. The molecule has 2 aromatic carbocycles. The van der Waals surface area contributed by atoms with Gasteiger partial charge in [-0.3, -0.25) is 0 Å². The minimum absolute atomic E-state index is 0.290. The van der Waals surface area contributed by atoms with Gasteiger partial charge in [0.2, 0.25) is 0 Å². The second-order valence-electron chi connectivity index (χ2n) is 3.73. The molecule has 0 spiro atoms. The lowest BCUT2D eigenvalue weighted by Gasteiger charge is -2.07. The molecule has 0 atom stereocenters. The first-order valence-corrected chi connectivity index (χ1v) is 5.98. The number of anilines is 1. The van der Waals surface area contributed by atoms with E-state index in [-0.39, 0.29) is 12.4 Å². The molecule has 2 rings (SSSR count). The monoisotopic (exact) mass is 315 g/mol. The predicted octanol–water partition coefficient (Wildman–Crippen LogP) is 4.48. The van der Waals surface area contributed by atoms with E-state index in [1.54, 1.807) is 12.1 Å². The Labute approximate surface area is 111 Å². The van der Waals surface area contributed by atoms with E-state index in [4.69, 9.17) is 0 Å². The standard InChI is InChI=1S/C13H9BrF3N/c14-10-3-2-9(6-12(10)16)18-7-8-1-4-11(15)13(17)5-8/h1-6,18H,7H2. The molecule has 0 heterocycles. The molecular weight excluding hydrogens is 307 g/mol. The molecule has 0 aliphatic rings. The number of nitrogens with one attached hydrogen (secondary N) is 1. The van der Waals surface area contributed by atoms with Gasteiger partial charge in [0.1, 0.15) is 5.82 Å². The van der Waals surface area contributed by atoms with Crippen molar-refractivity contribution in [1.82, 2.24) is 0 Å². The predicted molar refractivity (Wildman–Crippen MR) is 67.8 cm³/mol. The zero-order valence-electron chi connectivity index (χ0n) is 9.18. The molecule has 2 aromatic rings. The van der Waals surface area contributed by atoms with Crippen LogP contribution < -0.4 is 5.32 Å². The third-order valence-corrected chi connectivity index (χ3v) is 3.04. The Morgan fingerprint density at radius 1 is 0.889 bits per heavy atom. The highest BCUT2D eigenvalue weighted by Crippen LogP contribution is 2.20. The summed E-state index contributed by atoms with van der Waals surface area (Å²) in [6.07, 6.45) is 0. The Morgan fingerprint density at radius 3 is 2.33 bits per heavy atom. The molecule has 0 radical (unpaired) electrons. The quantitative estimate of drug-likeness (QED) is 0.880. The third kappa shape index (κ3) is 3.04. The highest BCUT2D eigenvalue weighted by atomic mass is 79.9. The maximum absolute atomic E-state index is 13.2. The van der Waals surface area contributed by atoms with Crippen LogP contribution in [0.15, 0.2) is 40.9 Å². The normalized spacial score (nSPS) is 10.4. The number of rotatable bonds is 3. The SMILES string of the molecule is Fc1ccc(CNc2ccc(Br)c(F)c2)cc1F. The molecule has 0 amide bonds. The third-order valence-electron chi connectivity index (χ3n) is 2.40. The summed E-state index contributed by atoms with van der Waals surface area (Å²) in [4.78, 5) is 0. The lowest BCUT2D eigenvalue weighted by molar-refractivity contribution is 0.507. The topological polar surface area (TPSA) is 12.0 Å². The number of hydrogen-bond donors (Lipinski definition) is 1. The average molecular weight is 316 g/mol. The Balaban J connectivity index is 2.06. The first-order valence-electron chi connectivity index (χ1n) is 5.19. The summed E-state index contributed by atoms with van der Waals surface area (Å²) in [5.74, 6) is -2.16. The highest BCUT2D eigenvalue weighted by molar-refractivity contribution is 9.10. The molecule has 0 bridgehead atoms. The fourth-order valence-corrected chi connectivity index (χ4v) is 1.71. The average Bonchev–Trinajstić information content (AvgIpc) is 2.35. The van der Waals surface area contributed by atoms with Crippen LogP contribution in [0, 0.1) is 17.5 Å². The Morgan fingerprint density at radius 2 is 1.67 bits per heavy atom. The van der Waals surface area contributed by atoms with Gasteiger partial charge >= 0.3 is 0 Å². The molecule has 0 fully saturated rings. The Hall–Kier alpha value is -1.49. The van der Waals surface area contributed by atoms with E-state index in [0.717, 1.165) is 12.1 Å². The van der Waals surface area contributed by atoms with E-state index in [2.05, 4.69) is 21.2 Å². The minimum atomic E-state index is -0.892. The zero-order valence-corrected chi connectivity index (χ0v) is 10.8. The molecular formula is C13H9BrF3N. The van der Waals surface area contributed by atoms with E-state index >= 15 is 0 Å². The van der Waals surface area contributed by atoms with Crippen LogP contribution in [-0.4, -0.2) is 0 Å². The lowest BCUT2D eigenvalue weighted by atomic mass is 10.2. The summed E-state index contributed by atoms with van der Waals surface area (Å²) < 4.78 is 39.3. The number of hydrogen-bond acceptors (Lipinski definition) is 1. The molecule has 0 aromatic heterocycles. The van der Waals surface area contributed by atoms with Crippen LogP contribution in [0.4, 0.5) is 18.9 Å². The molecule has 0 saturated carbocycles. The minimum Gasteiger partial charge on any atom is -0.381 e. The maximum Gasteiger partial charge on any atom is 0.159 e. The fourth-order valence-electron chi connectivity index (χ4n) is 1.46. The van der Waals surface area contributed by atoms with Gasteiger partial charge < -0.3 is 5.32 Å². The summed E-state index contributed by atoms with van der Waals surface area (Å²) in [5.41, 5.74) is 1.15. The summed E-state index contributed by atoms with van der Waals surface area (Å²) in [6.45, 7) is 0.290. The van der Waals surface area contributed by atoms with Crippen molar-refractivity contribution in [2.24, 2.45) is 0 Å². The number of benzene rings is 2. The highest BCUT2D eigenvalue weighted by Gasteiger charge is 2.03. The van der Waals surface area contributed by atoms with E-state index < -0.39 is 11.6 Å². The van der Waals surface area contributed by atoms with Crippen molar-refractivity contribution in [1.29, 1.82) is 0 Å². The molecule has 94 valence electrons. The molecule has 0 aliphatic carbocycles. The van der Waals surface area contributed by atoms with Gasteiger partial charge in [-0.2, -0.15) is 0 Å². The van der Waals surface area contributed by atoms with Crippen LogP contribution in [0.5, 0.6) is 0 Å². The first kappa shape index (κ1) is 13.0. The molecule has 0 saturated heterocycles. The van der Waals surface area contributed by atoms with Crippen LogP contribution in [0.3, 0.4) is 0 Å². The van der Waals surface area contributed by atoms with Gasteiger partial charge in [0.15, 0.2) is 11.6 Å². The van der Waals surface area contributed by atoms with Crippen LogP contribution in [0.1, 0.15) is 5.56 Å². The van der Waals surface area contributed by atoms with Gasteiger partial charge in [0.05, 0.1) is 4.47 Å². The van der Waals surface area contributed by atoms with Crippen molar-refractivity contribution in [2.45, 2.75) is 6.54 Å². The van der Waals surface area contributed by atoms with Crippen molar-refractivity contribution >= 4 is 21.6 Å². The van der Waals surface area contributed by atoms with Gasteiger partial charge in [0.25, 0.3) is 0 Å². The van der Waals surface area contributed by atoms with Crippen LogP contribution in [-0.2, 0) is 6.54 Å². The maximum atomic E-state index is 13.2.